The van der Waals surface area contributed by atoms with Crippen LogP contribution in [-0.4, -0.2) is 60.1 Å². The molecule has 0 aliphatic carbocycles. The van der Waals surface area contributed by atoms with E-state index in [0.717, 1.165) is 27.8 Å². The van der Waals surface area contributed by atoms with Crippen LogP contribution >= 0.6 is 0 Å². The fourth-order valence-corrected chi connectivity index (χ4v) is 6.92. The molecule has 4 aromatic rings. The Bertz CT molecular complexity index is 1700. The molecule has 0 bridgehead atoms. The van der Waals surface area contributed by atoms with Gasteiger partial charge in [0.15, 0.2) is 0 Å². The Hall–Kier alpha value is -3.96. The van der Waals surface area contributed by atoms with E-state index < -0.39 is 15.9 Å². The number of methoxy groups -OCH3 is 1. The maximum Gasteiger partial charge on any atom is 0.306 e. The number of hydrogen-bond acceptors (Lipinski definition) is 8. The zero-order valence-electron chi connectivity index (χ0n) is 23.8. The maximum atomic E-state index is 13.7. The largest absolute Gasteiger partial charge is 0.494 e. The number of hydrogen-bond donors (Lipinski definition) is 0. The lowest BCUT2D eigenvalue weighted by Gasteiger charge is -2.24. The highest BCUT2D eigenvalue weighted by atomic mass is 32.2. The number of aromatic nitrogens is 3. The van der Waals surface area contributed by atoms with Crippen molar-refractivity contribution in [3.63, 3.8) is 0 Å². The SMILES string of the molecule is CCOC(=O)CC(c1ccc(C)c(CN2CC(C)Oc3ccccc3S2(=O)=O)c1)c1cc(OC)c2c(c1)nnn2C. The van der Waals surface area contributed by atoms with Crippen molar-refractivity contribution in [2.45, 2.75) is 50.7 Å². The Labute approximate surface area is 239 Å². The molecule has 0 saturated heterocycles. The van der Waals surface area contributed by atoms with E-state index in [0.29, 0.717) is 17.0 Å². The van der Waals surface area contributed by atoms with Crippen LogP contribution in [0.5, 0.6) is 11.5 Å². The summed E-state index contributed by atoms with van der Waals surface area (Å²) < 4.78 is 47.4. The maximum absolute atomic E-state index is 13.7. The molecule has 11 heteroatoms. The van der Waals surface area contributed by atoms with E-state index >= 15 is 0 Å². The summed E-state index contributed by atoms with van der Waals surface area (Å²) in [4.78, 5) is 12.9. The third-order valence-corrected chi connectivity index (χ3v) is 9.22. The van der Waals surface area contributed by atoms with E-state index in [1.54, 1.807) is 50.0 Å². The number of carbonyl (C=O) groups is 1. The number of ether oxygens (including phenoxy) is 3. The zero-order chi connectivity index (χ0) is 29.3. The first-order chi connectivity index (χ1) is 19.6. The highest BCUT2D eigenvalue weighted by Gasteiger charge is 2.33. The Morgan fingerprint density at radius 1 is 1.15 bits per heavy atom. The van der Waals surface area contributed by atoms with Gasteiger partial charge in [-0.05, 0) is 67.3 Å². The predicted molar refractivity (Wildman–Crippen MR) is 153 cm³/mol. The minimum atomic E-state index is -3.81. The number of carbonyl (C=O) groups excluding carboxylic acids is 1. The van der Waals surface area contributed by atoms with Gasteiger partial charge in [0.25, 0.3) is 0 Å². The second-order valence-electron chi connectivity index (χ2n) is 10.2. The molecule has 0 fully saturated rings. The topological polar surface area (TPSA) is 113 Å². The minimum Gasteiger partial charge on any atom is -0.494 e. The summed E-state index contributed by atoms with van der Waals surface area (Å²) in [6.07, 6.45) is -0.245. The lowest BCUT2D eigenvalue weighted by molar-refractivity contribution is -0.143. The van der Waals surface area contributed by atoms with Crippen molar-refractivity contribution >= 4 is 27.0 Å². The summed E-state index contributed by atoms with van der Waals surface area (Å²) in [7, 11) is -0.433. The van der Waals surface area contributed by atoms with Gasteiger partial charge in [0.2, 0.25) is 10.0 Å². The number of para-hydroxylation sites is 1. The van der Waals surface area contributed by atoms with Crippen LogP contribution in [-0.2, 0) is 33.1 Å². The van der Waals surface area contributed by atoms with Gasteiger partial charge in [-0.3, -0.25) is 4.79 Å². The van der Waals surface area contributed by atoms with Gasteiger partial charge >= 0.3 is 5.97 Å². The molecular weight excluding hydrogens is 544 g/mol. The minimum absolute atomic E-state index is 0.0888. The van der Waals surface area contributed by atoms with Gasteiger partial charge < -0.3 is 14.2 Å². The molecule has 0 N–H and O–H groups in total. The molecule has 41 heavy (non-hydrogen) atoms. The quantitative estimate of drug-likeness (QED) is 0.284. The molecule has 1 aliphatic heterocycles. The lowest BCUT2D eigenvalue weighted by atomic mass is 9.86. The number of esters is 1. The second-order valence-corrected chi connectivity index (χ2v) is 12.1. The molecule has 216 valence electrons. The smallest absolute Gasteiger partial charge is 0.306 e. The Morgan fingerprint density at radius 2 is 1.93 bits per heavy atom. The van der Waals surface area contributed by atoms with Crippen molar-refractivity contribution in [1.82, 2.24) is 19.3 Å². The van der Waals surface area contributed by atoms with Crippen LogP contribution in [0.3, 0.4) is 0 Å². The third kappa shape index (κ3) is 5.64. The molecule has 0 radical (unpaired) electrons. The molecule has 3 aromatic carbocycles. The normalized spacial score (nSPS) is 17.3. The number of fused-ring (bicyclic) bond motifs is 2. The predicted octanol–water partition coefficient (Wildman–Crippen LogP) is 4.34. The van der Waals surface area contributed by atoms with Crippen LogP contribution in [0.2, 0.25) is 0 Å². The highest BCUT2D eigenvalue weighted by molar-refractivity contribution is 7.89. The highest BCUT2D eigenvalue weighted by Crippen LogP contribution is 2.37. The van der Waals surface area contributed by atoms with Crippen molar-refractivity contribution in [3.05, 3.63) is 76.9 Å². The molecule has 2 atom stereocenters. The van der Waals surface area contributed by atoms with Crippen molar-refractivity contribution < 1.29 is 27.4 Å². The number of nitrogens with zero attached hydrogens (tertiary/aromatic N) is 4. The number of rotatable bonds is 8. The van der Waals surface area contributed by atoms with Crippen LogP contribution in [0.1, 0.15) is 48.4 Å². The first kappa shape index (κ1) is 28.6. The first-order valence-electron chi connectivity index (χ1n) is 13.5. The fourth-order valence-electron chi connectivity index (χ4n) is 5.30. The molecule has 0 spiro atoms. The molecule has 2 heterocycles. The average molecular weight is 579 g/mol. The van der Waals surface area contributed by atoms with Gasteiger partial charge in [-0.2, -0.15) is 4.31 Å². The van der Waals surface area contributed by atoms with Gasteiger partial charge in [-0.1, -0.05) is 35.5 Å². The van der Waals surface area contributed by atoms with E-state index in [1.807, 2.05) is 44.2 Å². The van der Waals surface area contributed by atoms with Crippen molar-refractivity contribution in [2.75, 3.05) is 20.3 Å². The van der Waals surface area contributed by atoms with Gasteiger partial charge in [-0.15, -0.1) is 5.10 Å². The van der Waals surface area contributed by atoms with Crippen LogP contribution in [0.25, 0.3) is 11.0 Å². The monoisotopic (exact) mass is 578 g/mol. The molecule has 5 rings (SSSR count). The molecule has 0 saturated carbocycles. The summed E-state index contributed by atoms with van der Waals surface area (Å²) in [5.74, 6) is 0.221. The molecule has 2 unspecified atom stereocenters. The summed E-state index contributed by atoms with van der Waals surface area (Å²) in [6.45, 7) is 6.21. The van der Waals surface area contributed by atoms with Crippen molar-refractivity contribution in [2.24, 2.45) is 7.05 Å². The summed E-state index contributed by atoms with van der Waals surface area (Å²) in [6, 6.07) is 16.4. The summed E-state index contributed by atoms with van der Waals surface area (Å²) in [5, 5.41) is 8.39. The van der Waals surface area contributed by atoms with Crippen LogP contribution in [0.15, 0.2) is 59.5 Å². The third-order valence-electron chi connectivity index (χ3n) is 7.36. The molecular formula is C30H34N4O6S. The van der Waals surface area contributed by atoms with Crippen molar-refractivity contribution in [1.29, 1.82) is 0 Å². The number of benzene rings is 3. The Kier molecular flexibility index (Phi) is 8.01. The fraction of sp³-hybridized carbons (Fsp3) is 0.367. The Morgan fingerprint density at radius 3 is 2.68 bits per heavy atom. The van der Waals surface area contributed by atoms with E-state index in [2.05, 4.69) is 10.3 Å². The van der Waals surface area contributed by atoms with Gasteiger partial charge in [0.05, 0.1) is 26.7 Å². The van der Waals surface area contributed by atoms with E-state index in [9.17, 15) is 13.2 Å². The summed E-state index contributed by atoms with van der Waals surface area (Å²) in [5.41, 5.74) is 4.83. The number of aryl methyl sites for hydroxylation is 2. The molecule has 1 aliphatic rings. The Balaban J connectivity index is 1.56. The van der Waals surface area contributed by atoms with Gasteiger partial charge in [-0.25, -0.2) is 13.1 Å². The van der Waals surface area contributed by atoms with E-state index in [-0.39, 0.29) is 43.1 Å². The average Bonchev–Trinajstić information content (AvgIpc) is 3.28. The van der Waals surface area contributed by atoms with E-state index in [4.69, 9.17) is 14.2 Å². The molecule has 10 nitrogen and oxygen atoms in total. The standard InChI is InChI=1S/C30H34N4O6S/c1-6-39-29(35)16-24(22-14-25-30(27(15-22)38-5)33(4)32-31-25)21-12-11-19(2)23(13-21)18-34-17-20(3)40-26-9-7-8-10-28(26)41(34,36)37/h7-15,20,24H,6,16-18H2,1-5H3. The zero-order valence-corrected chi connectivity index (χ0v) is 24.6. The van der Waals surface area contributed by atoms with Crippen molar-refractivity contribution in [3.8, 4) is 11.5 Å². The second kappa shape index (κ2) is 11.5. The van der Waals surface area contributed by atoms with Crippen LogP contribution < -0.4 is 9.47 Å². The summed E-state index contributed by atoms with van der Waals surface area (Å²) >= 11 is 0. The molecule has 0 amide bonds. The van der Waals surface area contributed by atoms with Gasteiger partial charge in [0.1, 0.15) is 33.5 Å². The number of sulfonamides is 1. The molecule has 1 aromatic heterocycles. The first-order valence-corrected chi connectivity index (χ1v) is 14.9. The van der Waals surface area contributed by atoms with Crippen LogP contribution in [0.4, 0.5) is 0 Å². The van der Waals surface area contributed by atoms with Crippen LogP contribution in [0, 0.1) is 6.92 Å². The van der Waals surface area contributed by atoms with E-state index in [1.165, 1.54) is 4.31 Å². The van der Waals surface area contributed by atoms with Gasteiger partial charge in [0, 0.05) is 19.5 Å². The lowest BCUT2D eigenvalue weighted by Crippen LogP contribution is -2.35.